The third-order valence-electron chi connectivity index (χ3n) is 4.80. The molecule has 3 rings (SSSR count). The summed E-state index contributed by atoms with van der Waals surface area (Å²) in [6, 6.07) is 13.8. The number of hydrogen-bond donors (Lipinski definition) is 1. The summed E-state index contributed by atoms with van der Waals surface area (Å²) in [6.45, 7) is 9.99. The van der Waals surface area contributed by atoms with E-state index in [4.69, 9.17) is 0 Å². The first-order valence-corrected chi connectivity index (χ1v) is 7.95. The maximum atomic E-state index is 3.74. The van der Waals surface area contributed by atoms with Gasteiger partial charge in [-0.1, -0.05) is 42.0 Å². The SMILES string of the molecule is Cc1cc(C)c(C(C)NCC2Cc3ccccc32)c(C)c1. The maximum Gasteiger partial charge on any atom is 0.0297 e. The third-order valence-corrected chi connectivity index (χ3v) is 4.80. The van der Waals surface area contributed by atoms with Crippen molar-refractivity contribution < 1.29 is 0 Å². The Balaban J connectivity index is 1.67. The van der Waals surface area contributed by atoms with E-state index in [0.29, 0.717) is 12.0 Å². The van der Waals surface area contributed by atoms with E-state index in [2.05, 4.69) is 69.4 Å². The Kier molecular flexibility index (Phi) is 3.86. The Morgan fingerprint density at radius 1 is 1.10 bits per heavy atom. The quantitative estimate of drug-likeness (QED) is 0.862. The molecule has 2 atom stereocenters. The summed E-state index contributed by atoms with van der Waals surface area (Å²) in [5.74, 6) is 0.690. The molecule has 1 N–H and O–H groups in total. The van der Waals surface area contributed by atoms with Crippen LogP contribution in [0.15, 0.2) is 36.4 Å². The lowest BCUT2D eigenvalue weighted by molar-refractivity contribution is 0.487. The van der Waals surface area contributed by atoms with Crippen molar-refractivity contribution in [3.63, 3.8) is 0 Å². The Labute approximate surface area is 128 Å². The lowest BCUT2D eigenvalue weighted by Gasteiger charge is -2.32. The predicted molar refractivity (Wildman–Crippen MR) is 90.0 cm³/mol. The van der Waals surface area contributed by atoms with Crippen LogP contribution >= 0.6 is 0 Å². The van der Waals surface area contributed by atoms with Crippen molar-refractivity contribution in [1.82, 2.24) is 5.32 Å². The topological polar surface area (TPSA) is 12.0 Å². The molecule has 1 heteroatoms. The van der Waals surface area contributed by atoms with Gasteiger partial charge < -0.3 is 5.32 Å². The summed E-state index contributed by atoms with van der Waals surface area (Å²) >= 11 is 0. The minimum absolute atomic E-state index is 0.415. The molecule has 0 aliphatic heterocycles. The molecule has 0 aromatic heterocycles. The van der Waals surface area contributed by atoms with Crippen LogP contribution in [0.5, 0.6) is 0 Å². The molecule has 0 spiro atoms. The van der Waals surface area contributed by atoms with Crippen molar-refractivity contribution >= 4 is 0 Å². The summed E-state index contributed by atoms with van der Waals surface area (Å²) in [4.78, 5) is 0. The number of fused-ring (bicyclic) bond motifs is 1. The number of nitrogens with one attached hydrogen (secondary N) is 1. The van der Waals surface area contributed by atoms with E-state index < -0.39 is 0 Å². The summed E-state index contributed by atoms with van der Waals surface area (Å²) in [5, 5.41) is 3.74. The molecular formula is C20H25N. The molecule has 2 aromatic rings. The van der Waals surface area contributed by atoms with E-state index in [9.17, 15) is 0 Å². The van der Waals surface area contributed by atoms with E-state index in [-0.39, 0.29) is 0 Å². The highest BCUT2D eigenvalue weighted by Gasteiger charge is 2.25. The molecule has 0 radical (unpaired) electrons. The van der Waals surface area contributed by atoms with E-state index in [1.54, 1.807) is 0 Å². The van der Waals surface area contributed by atoms with E-state index in [0.717, 1.165) is 6.54 Å². The first kappa shape index (κ1) is 14.3. The zero-order chi connectivity index (χ0) is 15.0. The minimum Gasteiger partial charge on any atom is -0.310 e. The Morgan fingerprint density at radius 2 is 1.76 bits per heavy atom. The second kappa shape index (κ2) is 5.65. The first-order chi connectivity index (χ1) is 10.1. The fraction of sp³-hybridized carbons (Fsp3) is 0.400. The average molecular weight is 279 g/mol. The Morgan fingerprint density at radius 3 is 2.43 bits per heavy atom. The highest BCUT2D eigenvalue weighted by Crippen LogP contribution is 2.34. The smallest absolute Gasteiger partial charge is 0.0297 e. The Bertz CT molecular complexity index is 634. The standard InChI is InChI=1S/C20H25N/c1-13-9-14(2)20(15(3)10-13)16(4)21-12-18-11-17-7-5-6-8-19(17)18/h5-10,16,18,21H,11-12H2,1-4H3. The average Bonchev–Trinajstić information content (AvgIpc) is 2.38. The van der Waals surface area contributed by atoms with Gasteiger partial charge in [-0.3, -0.25) is 0 Å². The zero-order valence-corrected chi connectivity index (χ0v) is 13.5. The van der Waals surface area contributed by atoms with Gasteiger partial charge in [-0.25, -0.2) is 0 Å². The van der Waals surface area contributed by atoms with Crippen molar-refractivity contribution in [2.75, 3.05) is 6.54 Å². The molecule has 21 heavy (non-hydrogen) atoms. The molecular weight excluding hydrogens is 254 g/mol. The predicted octanol–water partition coefficient (Wildman–Crippen LogP) is 4.60. The summed E-state index contributed by atoms with van der Waals surface area (Å²) in [7, 11) is 0. The molecule has 1 aliphatic carbocycles. The Hall–Kier alpha value is -1.60. The van der Waals surface area contributed by atoms with E-state index >= 15 is 0 Å². The van der Waals surface area contributed by atoms with Gasteiger partial charge >= 0.3 is 0 Å². The molecule has 0 bridgehead atoms. The van der Waals surface area contributed by atoms with Crippen LogP contribution in [0.4, 0.5) is 0 Å². The lowest BCUT2D eigenvalue weighted by Crippen LogP contribution is -2.31. The van der Waals surface area contributed by atoms with Crippen molar-refractivity contribution in [1.29, 1.82) is 0 Å². The molecule has 1 aliphatic rings. The van der Waals surface area contributed by atoms with Crippen LogP contribution in [0, 0.1) is 20.8 Å². The monoisotopic (exact) mass is 279 g/mol. The lowest BCUT2D eigenvalue weighted by atomic mass is 9.77. The molecule has 110 valence electrons. The zero-order valence-electron chi connectivity index (χ0n) is 13.5. The normalized spacial score (nSPS) is 18.0. The molecule has 0 saturated carbocycles. The van der Waals surface area contributed by atoms with Gasteiger partial charge in [-0.05, 0) is 61.9 Å². The number of rotatable bonds is 4. The van der Waals surface area contributed by atoms with Crippen LogP contribution in [0.2, 0.25) is 0 Å². The van der Waals surface area contributed by atoms with Crippen molar-refractivity contribution in [2.24, 2.45) is 0 Å². The maximum absolute atomic E-state index is 3.74. The van der Waals surface area contributed by atoms with Crippen molar-refractivity contribution in [3.8, 4) is 0 Å². The molecule has 1 nitrogen and oxygen atoms in total. The molecule has 0 fully saturated rings. The first-order valence-electron chi connectivity index (χ1n) is 7.95. The van der Waals surface area contributed by atoms with Gasteiger partial charge in [0, 0.05) is 18.5 Å². The second-order valence-electron chi connectivity index (χ2n) is 6.54. The van der Waals surface area contributed by atoms with Gasteiger partial charge in [0.1, 0.15) is 0 Å². The largest absolute Gasteiger partial charge is 0.310 e. The van der Waals surface area contributed by atoms with Crippen LogP contribution in [0.25, 0.3) is 0 Å². The van der Waals surface area contributed by atoms with Crippen LogP contribution < -0.4 is 5.32 Å². The second-order valence-corrected chi connectivity index (χ2v) is 6.54. The number of hydrogen-bond acceptors (Lipinski definition) is 1. The highest BCUT2D eigenvalue weighted by atomic mass is 14.9. The van der Waals surface area contributed by atoms with Gasteiger partial charge in [-0.2, -0.15) is 0 Å². The summed E-state index contributed by atoms with van der Waals surface area (Å²) in [6.07, 6.45) is 1.22. The van der Waals surface area contributed by atoms with Crippen LogP contribution in [-0.2, 0) is 6.42 Å². The molecule has 0 saturated heterocycles. The van der Waals surface area contributed by atoms with Crippen molar-refractivity contribution in [3.05, 3.63) is 69.8 Å². The minimum atomic E-state index is 0.415. The van der Waals surface area contributed by atoms with Crippen LogP contribution in [-0.4, -0.2) is 6.54 Å². The van der Waals surface area contributed by atoms with E-state index in [1.165, 1.54) is 39.8 Å². The van der Waals surface area contributed by atoms with Crippen LogP contribution in [0.3, 0.4) is 0 Å². The molecule has 2 unspecified atom stereocenters. The summed E-state index contributed by atoms with van der Waals surface area (Å²) < 4.78 is 0. The number of benzene rings is 2. The fourth-order valence-electron chi connectivity index (χ4n) is 3.84. The highest BCUT2D eigenvalue weighted by molar-refractivity contribution is 5.41. The van der Waals surface area contributed by atoms with Gasteiger partial charge in [-0.15, -0.1) is 0 Å². The van der Waals surface area contributed by atoms with Crippen molar-refractivity contribution in [2.45, 2.75) is 46.1 Å². The van der Waals surface area contributed by atoms with Gasteiger partial charge in [0.15, 0.2) is 0 Å². The van der Waals surface area contributed by atoms with E-state index in [1.807, 2.05) is 0 Å². The van der Waals surface area contributed by atoms with Crippen LogP contribution in [0.1, 0.15) is 52.3 Å². The van der Waals surface area contributed by atoms with Gasteiger partial charge in [0.2, 0.25) is 0 Å². The molecule has 0 amide bonds. The van der Waals surface area contributed by atoms with Gasteiger partial charge in [0.25, 0.3) is 0 Å². The molecule has 2 aromatic carbocycles. The summed E-state index contributed by atoms with van der Waals surface area (Å²) in [5.41, 5.74) is 8.69. The fourth-order valence-corrected chi connectivity index (χ4v) is 3.84. The molecule has 0 heterocycles. The number of aryl methyl sites for hydroxylation is 3. The van der Waals surface area contributed by atoms with Gasteiger partial charge in [0.05, 0.1) is 0 Å². The third kappa shape index (κ3) is 2.75.